The average Bonchev–Trinajstić information content (AvgIpc) is 3.05. The van der Waals surface area contributed by atoms with Crippen LogP contribution in [0.1, 0.15) is 5.56 Å². The van der Waals surface area contributed by atoms with E-state index in [9.17, 15) is 4.79 Å². The number of benzene rings is 2. The highest BCUT2D eigenvalue weighted by atomic mass is 16.5. The molecule has 0 unspecified atom stereocenters. The highest BCUT2D eigenvalue weighted by Crippen LogP contribution is 2.32. The smallest absolute Gasteiger partial charge is 0.247 e. The summed E-state index contributed by atoms with van der Waals surface area (Å²) in [4.78, 5) is 14.1. The summed E-state index contributed by atoms with van der Waals surface area (Å²) in [5.74, 6) is 0.781. The van der Waals surface area contributed by atoms with Crippen molar-refractivity contribution < 1.29 is 4.74 Å². The molecule has 0 aliphatic rings. The largest absolute Gasteiger partial charge is 0.489 e. The summed E-state index contributed by atoms with van der Waals surface area (Å²) in [5, 5.41) is 6.36. The Labute approximate surface area is 144 Å². The van der Waals surface area contributed by atoms with Crippen LogP contribution in [0.15, 0.2) is 71.9 Å². The van der Waals surface area contributed by atoms with Gasteiger partial charge >= 0.3 is 0 Å². The number of pyridine rings is 1. The van der Waals surface area contributed by atoms with Crippen LogP contribution >= 0.6 is 0 Å². The predicted molar refractivity (Wildman–Crippen MR) is 97.5 cm³/mol. The molecule has 0 aliphatic carbocycles. The van der Waals surface area contributed by atoms with Crippen LogP contribution in [0, 0.1) is 0 Å². The van der Waals surface area contributed by atoms with Crippen molar-refractivity contribution in [2.45, 2.75) is 6.61 Å². The molecule has 0 atom stereocenters. The van der Waals surface area contributed by atoms with Gasteiger partial charge in [-0.1, -0.05) is 24.3 Å². The monoisotopic (exact) mass is 331 g/mol. The molecule has 0 fully saturated rings. The van der Waals surface area contributed by atoms with Gasteiger partial charge < -0.3 is 9.72 Å². The number of nitrogens with zero attached hydrogens (tertiary/aromatic N) is 2. The van der Waals surface area contributed by atoms with Crippen molar-refractivity contribution in [2.75, 3.05) is 0 Å². The molecular weight excluding hydrogens is 314 g/mol. The van der Waals surface area contributed by atoms with Crippen LogP contribution in [0.25, 0.3) is 21.9 Å². The fraction of sp³-hybridized carbons (Fsp3) is 0.100. The van der Waals surface area contributed by atoms with Gasteiger partial charge in [-0.2, -0.15) is 5.10 Å². The third-order valence-corrected chi connectivity index (χ3v) is 4.09. The first-order valence-electron chi connectivity index (χ1n) is 8.01. The number of fused-ring (bicyclic) bond motifs is 1. The van der Waals surface area contributed by atoms with E-state index in [2.05, 4.69) is 22.2 Å². The van der Waals surface area contributed by atoms with Gasteiger partial charge in [0.1, 0.15) is 12.4 Å². The van der Waals surface area contributed by atoms with Crippen LogP contribution in [0.4, 0.5) is 0 Å². The topological polar surface area (TPSA) is 59.9 Å². The summed E-state index contributed by atoms with van der Waals surface area (Å²) in [6.45, 7) is 0.456. The van der Waals surface area contributed by atoms with Crippen LogP contribution in [0.5, 0.6) is 5.75 Å². The maximum Gasteiger partial charge on any atom is 0.247 e. The number of aryl methyl sites for hydroxylation is 1. The van der Waals surface area contributed by atoms with Gasteiger partial charge in [-0.05, 0) is 40.1 Å². The molecule has 4 rings (SSSR count). The molecule has 2 aromatic carbocycles. The summed E-state index contributed by atoms with van der Waals surface area (Å²) in [6, 6.07) is 15.5. The molecular formula is C20H17N3O2. The minimum Gasteiger partial charge on any atom is -0.489 e. The fourth-order valence-corrected chi connectivity index (χ4v) is 2.90. The molecule has 2 heterocycles. The molecule has 4 aromatic rings. The molecule has 0 radical (unpaired) electrons. The highest BCUT2D eigenvalue weighted by molar-refractivity contribution is 5.97. The fourth-order valence-electron chi connectivity index (χ4n) is 2.90. The number of ether oxygens (including phenoxy) is 1. The van der Waals surface area contributed by atoms with E-state index in [1.165, 1.54) is 6.07 Å². The molecule has 0 spiro atoms. The van der Waals surface area contributed by atoms with E-state index in [-0.39, 0.29) is 5.56 Å². The molecule has 0 amide bonds. The summed E-state index contributed by atoms with van der Waals surface area (Å²) in [6.07, 6.45) is 5.46. The number of H-pyrrole nitrogens is 1. The number of hydrogen-bond donors (Lipinski definition) is 1. The molecule has 25 heavy (non-hydrogen) atoms. The van der Waals surface area contributed by atoms with E-state index in [0.717, 1.165) is 33.2 Å². The van der Waals surface area contributed by atoms with E-state index < -0.39 is 0 Å². The Hall–Kier alpha value is -3.34. The summed E-state index contributed by atoms with van der Waals surface area (Å²) in [7, 11) is 1.88. The first-order valence-corrected chi connectivity index (χ1v) is 8.01. The first-order chi connectivity index (χ1) is 12.2. The molecule has 5 nitrogen and oxygen atoms in total. The SMILES string of the molecule is Cn1cc(COc2cc(-c3ccc(=O)[nH]c3)c3ccccc3c2)cn1. The van der Waals surface area contributed by atoms with Crippen LogP contribution in [-0.4, -0.2) is 14.8 Å². The number of aromatic nitrogens is 3. The quantitative estimate of drug-likeness (QED) is 0.622. The van der Waals surface area contributed by atoms with Crippen LogP contribution in [-0.2, 0) is 13.7 Å². The van der Waals surface area contributed by atoms with Gasteiger partial charge in [0.25, 0.3) is 0 Å². The lowest BCUT2D eigenvalue weighted by Gasteiger charge is -2.11. The van der Waals surface area contributed by atoms with Crippen molar-refractivity contribution in [1.29, 1.82) is 0 Å². The van der Waals surface area contributed by atoms with Crippen molar-refractivity contribution in [2.24, 2.45) is 7.05 Å². The first kappa shape index (κ1) is 15.2. The minimum absolute atomic E-state index is 0.114. The van der Waals surface area contributed by atoms with Gasteiger partial charge in [-0.3, -0.25) is 9.48 Å². The standard InChI is InChI=1S/C20H17N3O2/c1-23-12-14(10-22-23)13-25-17-8-15-4-2-3-5-18(15)19(9-17)16-6-7-20(24)21-11-16/h2-12H,13H2,1H3,(H,21,24). The van der Waals surface area contributed by atoms with Crippen molar-refractivity contribution in [3.05, 3.63) is 83.0 Å². The van der Waals surface area contributed by atoms with Gasteiger partial charge in [0, 0.05) is 31.1 Å². The van der Waals surface area contributed by atoms with E-state index >= 15 is 0 Å². The number of rotatable bonds is 4. The zero-order chi connectivity index (χ0) is 17.2. The Morgan fingerprint density at radius 3 is 2.80 bits per heavy atom. The second kappa shape index (κ2) is 6.28. The number of aromatic amines is 1. The molecule has 124 valence electrons. The Kier molecular flexibility index (Phi) is 3.82. The van der Waals surface area contributed by atoms with Crippen LogP contribution in [0.2, 0.25) is 0 Å². The van der Waals surface area contributed by atoms with Gasteiger partial charge in [0.2, 0.25) is 5.56 Å². The van der Waals surface area contributed by atoms with E-state index in [1.807, 2.05) is 43.6 Å². The molecule has 0 aliphatic heterocycles. The molecule has 0 saturated carbocycles. The van der Waals surface area contributed by atoms with E-state index in [1.54, 1.807) is 17.1 Å². The summed E-state index contributed by atoms with van der Waals surface area (Å²) >= 11 is 0. The van der Waals surface area contributed by atoms with Crippen molar-refractivity contribution in [1.82, 2.24) is 14.8 Å². The maximum absolute atomic E-state index is 11.4. The molecule has 5 heteroatoms. The van der Waals surface area contributed by atoms with Crippen molar-refractivity contribution in [3.63, 3.8) is 0 Å². The highest BCUT2D eigenvalue weighted by Gasteiger charge is 2.08. The minimum atomic E-state index is -0.114. The Morgan fingerprint density at radius 2 is 2.04 bits per heavy atom. The van der Waals surface area contributed by atoms with Gasteiger partial charge in [-0.25, -0.2) is 0 Å². The molecule has 0 bridgehead atoms. The maximum atomic E-state index is 11.4. The average molecular weight is 331 g/mol. The van der Waals surface area contributed by atoms with Crippen LogP contribution in [0.3, 0.4) is 0 Å². The second-order valence-corrected chi connectivity index (χ2v) is 5.94. The number of nitrogens with one attached hydrogen (secondary N) is 1. The number of hydrogen-bond acceptors (Lipinski definition) is 3. The van der Waals surface area contributed by atoms with Crippen molar-refractivity contribution in [3.8, 4) is 16.9 Å². The lowest BCUT2D eigenvalue weighted by Crippen LogP contribution is -2.01. The lowest BCUT2D eigenvalue weighted by molar-refractivity contribution is 0.306. The Bertz CT molecular complexity index is 1080. The molecule has 2 aromatic heterocycles. The zero-order valence-corrected chi connectivity index (χ0v) is 13.8. The molecule has 0 saturated heterocycles. The normalized spacial score (nSPS) is 10.9. The van der Waals surface area contributed by atoms with Gasteiger partial charge in [-0.15, -0.1) is 0 Å². The van der Waals surface area contributed by atoms with Gasteiger partial charge in [0.05, 0.1) is 6.20 Å². The van der Waals surface area contributed by atoms with E-state index in [4.69, 9.17) is 4.74 Å². The molecule has 1 N–H and O–H groups in total. The van der Waals surface area contributed by atoms with Gasteiger partial charge in [0.15, 0.2) is 0 Å². The summed E-state index contributed by atoms with van der Waals surface area (Å²) in [5.41, 5.74) is 2.87. The lowest BCUT2D eigenvalue weighted by atomic mass is 9.99. The Morgan fingerprint density at radius 1 is 1.16 bits per heavy atom. The Balaban J connectivity index is 1.75. The van der Waals surface area contributed by atoms with Crippen molar-refractivity contribution >= 4 is 10.8 Å². The summed E-state index contributed by atoms with van der Waals surface area (Å²) < 4.78 is 7.73. The second-order valence-electron chi connectivity index (χ2n) is 5.94. The third kappa shape index (κ3) is 3.17. The van der Waals surface area contributed by atoms with E-state index in [0.29, 0.717) is 6.61 Å². The third-order valence-electron chi connectivity index (χ3n) is 4.09. The predicted octanol–water partition coefficient (Wildman–Crippen LogP) is 3.51. The van der Waals surface area contributed by atoms with Crippen LogP contribution < -0.4 is 10.3 Å². The zero-order valence-electron chi connectivity index (χ0n) is 13.8.